The second-order valence-corrected chi connectivity index (χ2v) is 4.98. The minimum absolute atomic E-state index is 0.122. The van der Waals surface area contributed by atoms with E-state index in [0.717, 1.165) is 5.56 Å². The van der Waals surface area contributed by atoms with Gasteiger partial charge in [-0.25, -0.2) is 0 Å². The maximum Gasteiger partial charge on any atom is 0.253 e. The van der Waals surface area contributed by atoms with Crippen molar-refractivity contribution in [2.75, 3.05) is 0 Å². The Kier molecular flexibility index (Phi) is 3.88. The van der Waals surface area contributed by atoms with Crippen molar-refractivity contribution in [1.82, 2.24) is 25.2 Å². The van der Waals surface area contributed by atoms with Crippen LogP contribution in [-0.4, -0.2) is 25.8 Å². The Balaban J connectivity index is 1.66. The number of carbonyl (C=O) groups excluding carboxylic acids is 1. The number of nitrogens with one attached hydrogen (secondary N) is 1. The fourth-order valence-electron chi connectivity index (χ4n) is 1.88. The molecule has 0 aliphatic carbocycles. The first kappa shape index (κ1) is 14.3. The van der Waals surface area contributed by atoms with Gasteiger partial charge in [0.15, 0.2) is 0 Å². The summed E-state index contributed by atoms with van der Waals surface area (Å²) in [5.74, 6) is 0.432. The van der Waals surface area contributed by atoms with Crippen LogP contribution in [0.15, 0.2) is 41.2 Å². The van der Waals surface area contributed by atoms with Gasteiger partial charge in [-0.2, -0.15) is 10.1 Å². The molecule has 0 radical (unpaired) electrons. The fraction of sp³-hybridized carbons (Fsp3) is 0.143. The third kappa shape index (κ3) is 2.99. The standard InChI is InChI=1S/C14H12ClN5O2/c1-20-8-9(6-17-20)13-18-12(22-19-13)7-16-14(21)10-4-2-3-5-11(10)15/h2-6,8H,7H2,1H3,(H,16,21). The van der Waals surface area contributed by atoms with E-state index in [-0.39, 0.29) is 12.5 Å². The number of amides is 1. The van der Waals surface area contributed by atoms with Crippen LogP contribution in [0.1, 0.15) is 16.2 Å². The van der Waals surface area contributed by atoms with Crippen LogP contribution in [0.2, 0.25) is 5.02 Å². The number of rotatable bonds is 4. The lowest BCUT2D eigenvalue weighted by atomic mass is 10.2. The van der Waals surface area contributed by atoms with Crippen molar-refractivity contribution in [1.29, 1.82) is 0 Å². The molecule has 3 aromatic rings. The van der Waals surface area contributed by atoms with Gasteiger partial charge in [-0.15, -0.1) is 0 Å². The quantitative estimate of drug-likeness (QED) is 0.796. The number of halogens is 1. The van der Waals surface area contributed by atoms with E-state index in [4.69, 9.17) is 16.1 Å². The SMILES string of the molecule is Cn1cc(-c2noc(CNC(=O)c3ccccc3Cl)n2)cn1. The number of hydrogen-bond acceptors (Lipinski definition) is 5. The molecule has 0 spiro atoms. The van der Waals surface area contributed by atoms with Gasteiger partial charge in [-0.05, 0) is 12.1 Å². The van der Waals surface area contributed by atoms with E-state index < -0.39 is 0 Å². The summed E-state index contributed by atoms with van der Waals surface area (Å²) in [7, 11) is 1.80. The summed E-state index contributed by atoms with van der Waals surface area (Å²) >= 11 is 5.97. The maximum atomic E-state index is 12.0. The van der Waals surface area contributed by atoms with Crippen LogP contribution < -0.4 is 5.32 Å². The van der Waals surface area contributed by atoms with E-state index in [2.05, 4.69) is 20.6 Å². The number of aryl methyl sites for hydroxylation is 1. The predicted molar refractivity (Wildman–Crippen MR) is 79.1 cm³/mol. The third-order valence-electron chi connectivity index (χ3n) is 2.95. The highest BCUT2D eigenvalue weighted by molar-refractivity contribution is 6.33. The number of nitrogens with zero attached hydrogens (tertiary/aromatic N) is 4. The average Bonchev–Trinajstić information content (AvgIpc) is 3.14. The van der Waals surface area contributed by atoms with Gasteiger partial charge in [-0.1, -0.05) is 28.9 Å². The van der Waals surface area contributed by atoms with Gasteiger partial charge in [0.05, 0.1) is 28.9 Å². The van der Waals surface area contributed by atoms with Crippen LogP contribution in [-0.2, 0) is 13.6 Å². The van der Waals surface area contributed by atoms with Gasteiger partial charge < -0.3 is 9.84 Å². The Morgan fingerprint density at radius 2 is 2.23 bits per heavy atom. The monoisotopic (exact) mass is 317 g/mol. The van der Waals surface area contributed by atoms with Crippen molar-refractivity contribution < 1.29 is 9.32 Å². The molecule has 0 saturated carbocycles. The summed E-state index contributed by atoms with van der Waals surface area (Å²) in [5, 5.41) is 11.0. The molecule has 7 nitrogen and oxygen atoms in total. The highest BCUT2D eigenvalue weighted by Gasteiger charge is 2.13. The molecular formula is C14H12ClN5O2. The van der Waals surface area contributed by atoms with Crippen molar-refractivity contribution in [2.24, 2.45) is 7.05 Å². The molecule has 0 aliphatic rings. The minimum Gasteiger partial charge on any atom is -0.343 e. The number of hydrogen-bond donors (Lipinski definition) is 1. The first-order valence-corrected chi connectivity index (χ1v) is 6.85. The molecule has 0 bridgehead atoms. The Morgan fingerprint density at radius 1 is 1.41 bits per heavy atom. The first-order chi connectivity index (χ1) is 10.6. The molecule has 0 atom stereocenters. The molecule has 0 saturated heterocycles. The summed E-state index contributed by atoms with van der Waals surface area (Å²) in [6.45, 7) is 0.122. The Hall–Kier alpha value is -2.67. The smallest absolute Gasteiger partial charge is 0.253 e. The lowest BCUT2D eigenvalue weighted by Crippen LogP contribution is -2.23. The first-order valence-electron chi connectivity index (χ1n) is 6.48. The van der Waals surface area contributed by atoms with Crippen LogP contribution in [0, 0.1) is 0 Å². The van der Waals surface area contributed by atoms with E-state index in [0.29, 0.717) is 22.3 Å². The summed E-state index contributed by atoms with van der Waals surface area (Å²) in [5.41, 5.74) is 1.14. The number of benzene rings is 1. The number of carbonyl (C=O) groups is 1. The predicted octanol–water partition coefficient (Wildman–Crippen LogP) is 2.05. The van der Waals surface area contributed by atoms with Gasteiger partial charge in [0.1, 0.15) is 0 Å². The summed E-state index contributed by atoms with van der Waals surface area (Å²) in [6, 6.07) is 6.81. The molecule has 0 aliphatic heterocycles. The molecule has 22 heavy (non-hydrogen) atoms. The largest absolute Gasteiger partial charge is 0.343 e. The topological polar surface area (TPSA) is 85.8 Å². The molecule has 1 amide bonds. The normalized spacial score (nSPS) is 10.6. The lowest BCUT2D eigenvalue weighted by molar-refractivity contribution is 0.0946. The van der Waals surface area contributed by atoms with Crippen LogP contribution in [0.5, 0.6) is 0 Å². The highest BCUT2D eigenvalue weighted by Crippen LogP contribution is 2.16. The van der Waals surface area contributed by atoms with Crippen LogP contribution in [0.25, 0.3) is 11.4 Å². The molecule has 1 aromatic carbocycles. The summed E-state index contributed by atoms with van der Waals surface area (Å²) < 4.78 is 6.74. The van der Waals surface area contributed by atoms with E-state index in [1.807, 2.05) is 0 Å². The van der Waals surface area contributed by atoms with Crippen molar-refractivity contribution in [2.45, 2.75) is 6.54 Å². The van der Waals surface area contributed by atoms with Crippen molar-refractivity contribution >= 4 is 17.5 Å². The van der Waals surface area contributed by atoms with Gasteiger partial charge in [0.2, 0.25) is 11.7 Å². The molecule has 8 heteroatoms. The molecule has 2 heterocycles. The van der Waals surface area contributed by atoms with Crippen molar-refractivity contribution in [3.8, 4) is 11.4 Å². The third-order valence-corrected chi connectivity index (χ3v) is 3.28. The molecule has 0 fully saturated rings. The van der Waals surface area contributed by atoms with Gasteiger partial charge >= 0.3 is 0 Å². The van der Waals surface area contributed by atoms with Gasteiger partial charge in [-0.3, -0.25) is 9.48 Å². The average molecular weight is 318 g/mol. The van der Waals surface area contributed by atoms with Crippen LogP contribution >= 0.6 is 11.6 Å². The molecular weight excluding hydrogens is 306 g/mol. The second kappa shape index (κ2) is 5.98. The minimum atomic E-state index is -0.299. The van der Waals surface area contributed by atoms with E-state index >= 15 is 0 Å². The Morgan fingerprint density at radius 3 is 2.95 bits per heavy atom. The zero-order valence-electron chi connectivity index (χ0n) is 11.7. The molecule has 3 rings (SSSR count). The molecule has 112 valence electrons. The fourth-order valence-corrected chi connectivity index (χ4v) is 2.10. The molecule has 0 unspecified atom stereocenters. The lowest BCUT2D eigenvalue weighted by Gasteiger charge is -2.03. The van der Waals surface area contributed by atoms with Gasteiger partial charge in [0, 0.05) is 13.2 Å². The molecule has 2 aromatic heterocycles. The van der Waals surface area contributed by atoms with Crippen molar-refractivity contribution in [3.05, 3.63) is 53.1 Å². The van der Waals surface area contributed by atoms with Crippen molar-refractivity contribution in [3.63, 3.8) is 0 Å². The number of aromatic nitrogens is 4. The summed E-state index contributed by atoms with van der Waals surface area (Å²) in [6.07, 6.45) is 3.41. The summed E-state index contributed by atoms with van der Waals surface area (Å²) in [4.78, 5) is 16.2. The van der Waals surface area contributed by atoms with E-state index in [1.165, 1.54) is 0 Å². The second-order valence-electron chi connectivity index (χ2n) is 4.58. The maximum absolute atomic E-state index is 12.0. The Labute approximate surface area is 130 Å². The van der Waals surface area contributed by atoms with Crippen LogP contribution in [0.3, 0.4) is 0 Å². The van der Waals surface area contributed by atoms with E-state index in [9.17, 15) is 4.79 Å². The zero-order chi connectivity index (χ0) is 15.5. The van der Waals surface area contributed by atoms with E-state index in [1.54, 1.807) is 48.4 Å². The van der Waals surface area contributed by atoms with Gasteiger partial charge in [0.25, 0.3) is 5.91 Å². The molecule has 1 N–H and O–H groups in total. The highest BCUT2D eigenvalue weighted by atomic mass is 35.5. The zero-order valence-corrected chi connectivity index (χ0v) is 12.4. The Bertz CT molecular complexity index is 811. The van der Waals surface area contributed by atoms with Crippen LogP contribution in [0.4, 0.5) is 0 Å².